The van der Waals surface area contributed by atoms with E-state index in [1.807, 2.05) is 6.92 Å². The molecule has 0 aromatic heterocycles. The number of benzene rings is 1. The monoisotopic (exact) mass is 210 g/mol. The summed E-state index contributed by atoms with van der Waals surface area (Å²) in [5, 5.41) is 0. The minimum Gasteiger partial charge on any atom is -0.384 e. The smallest absolute Gasteiger partial charge is 0.163 e. The summed E-state index contributed by atoms with van der Waals surface area (Å²) in [5.41, 5.74) is 0.429. The van der Waals surface area contributed by atoms with Crippen molar-refractivity contribution in [1.29, 1.82) is 0 Å². The molecule has 3 heteroatoms. The number of hydrogen-bond acceptors (Lipinski definition) is 2. The number of Topliss-reactive ketones (excluding diaryl/α,β-unsaturated/α-hetero) is 1. The van der Waals surface area contributed by atoms with E-state index in [1.165, 1.54) is 12.1 Å². The van der Waals surface area contributed by atoms with Crippen LogP contribution in [0, 0.1) is 11.7 Å². The van der Waals surface area contributed by atoms with E-state index in [-0.39, 0.29) is 17.5 Å². The van der Waals surface area contributed by atoms with E-state index < -0.39 is 0 Å². The Bertz CT molecular complexity index is 336. The van der Waals surface area contributed by atoms with E-state index in [2.05, 4.69) is 0 Å². The molecule has 0 aliphatic rings. The van der Waals surface area contributed by atoms with Crippen LogP contribution in [0.3, 0.4) is 0 Å². The van der Waals surface area contributed by atoms with Gasteiger partial charge in [0.1, 0.15) is 5.82 Å². The molecule has 0 spiro atoms. The number of halogens is 1. The lowest BCUT2D eigenvalue weighted by atomic mass is 10.0. The largest absolute Gasteiger partial charge is 0.384 e. The van der Waals surface area contributed by atoms with Gasteiger partial charge in [0.2, 0.25) is 0 Å². The topological polar surface area (TPSA) is 26.3 Å². The van der Waals surface area contributed by atoms with Crippen molar-refractivity contribution in [3.63, 3.8) is 0 Å². The van der Waals surface area contributed by atoms with Gasteiger partial charge in [0.25, 0.3) is 0 Å². The van der Waals surface area contributed by atoms with E-state index in [9.17, 15) is 9.18 Å². The van der Waals surface area contributed by atoms with E-state index in [4.69, 9.17) is 4.74 Å². The van der Waals surface area contributed by atoms with Crippen LogP contribution in [0.15, 0.2) is 24.3 Å². The molecule has 0 aliphatic carbocycles. The number of carbonyl (C=O) groups excluding carboxylic acids is 1. The summed E-state index contributed by atoms with van der Waals surface area (Å²) in [4.78, 5) is 11.7. The van der Waals surface area contributed by atoms with Crippen LogP contribution >= 0.6 is 0 Å². The molecule has 1 rings (SSSR count). The van der Waals surface area contributed by atoms with Gasteiger partial charge < -0.3 is 4.74 Å². The highest BCUT2D eigenvalue weighted by atomic mass is 19.1. The molecule has 82 valence electrons. The number of hydrogen-bond donors (Lipinski definition) is 0. The zero-order chi connectivity index (χ0) is 11.3. The second-order valence-corrected chi connectivity index (χ2v) is 3.70. The number of rotatable bonds is 5. The fourth-order valence-electron chi connectivity index (χ4n) is 1.44. The van der Waals surface area contributed by atoms with Crippen LogP contribution in [0.1, 0.15) is 23.7 Å². The Kier molecular flexibility index (Phi) is 4.43. The highest BCUT2D eigenvalue weighted by Crippen LogP contribution is 2.11. The predicted molar refractivity (Wildman–Crippen MR) is 56.4 cm³/mol. The lowest BCUT2D eigenvalue weighted by Crippen LogP contribution is -2.10. The number of methoxy groups -OCH3 is 1. The average Bonchev–Trinajstić information content (AvgIpc) is 2.18. The van der Waals surface area contributed by atoms with Crippen molar-refractivity contribution in [1.82, 2.24) is 0 Å². The predicted octanol–water partition coefficient (Wildman–Crippen LogP) is 2.68. The summed E-state index contributed by atoms with van der Waals surface area (Å²) < 4.78 is 17.8. The lowest BCUT2D eigenvalue weighted by molar-refractivity contribution is 0.0919. The Labute approximate surface area is 89.1 Å². The van der Waals surface area contributed by atoms with Crippen LogP contribution in [0.2, 0.25) is 0 Å². The summed E-state index contributed by atoms with van der Waals surface area (Å²) in [7, 11) is 1.60. The van der Waals surface area contributed by atoms with Gasteiger partial charge in [-0.15, -0.1) is 0 Å². The molecule has 0 radical (unpaired) electrons. The molecule has 1 unspecified atom stereocenters. The molecule has 1 aromatic carbocycles. The molecule has 2 nitrogen and oxygen atoms in total. The number of carbonyl (C=O) groups is 1. The molecule has 15 heavy (non-hydrogen) atoms. The van der Waals surface area contributed by atoms with Crippen LogP contribution in [0.4, 0.5) is 4.39 Å². The Hall–Kier alpha value is -1.22. The summed E-state index contributed by atoms with van der Waals surface area (Å²) >= 11 is 0. The van der Waals surface area contributed by atoms with Gasteiger partial charge in [0, 0.05) is 25.7 Å². The molecule has 0 N–H and O–H groups in total. The maximum Gasteiger partial charge on any atom is 0.163 e. The normalized spacial score (nSPS) is 12.5. The van der Waals surface area contributed by atoms with E-state index in [1.54, 1.807) is 19.2 Å². The molecule has 0 saturated heterocycles. The summed E-state index contributed by atoms with van der Waals surface area (Å²) in [6.07, 6.45) is 0.386. The molecular formula is C12H15FO2. The van der Waals surface area contributed by atoms with Gasteiger partial charge in [-0.05, 0) is 18.1 Å². The minimum atomic E-state index is -0.375. The fourth-order valence-corrected chi connectivity index (χ4v) is 1.44. The first-order chi connectivity index (χ1) is 7.13. The van der Waals surface area contributed by atoms with Crippen LogP contribution in [0.25, 0.3) is 0 Å². The minimum absolute atomic E-state index is 0.0425. The van der Waals surface area contributed by atoms with Crippen LogP contribution in [0.5, 0.6) is 0 Å². The van der Waals surface area contributed by atoms with E-state index in [0.717, 1.165) is 0 Å². The van der Waals surface area contributed by atoms with Crippen LogP contribution < -0.4 is 0 Å². The first-order valence-electron chi connectivity index (χ1n) is 4.91. The zero-order valence-electron chi connectivity index (χ0n) is 9.00. The Balaban J connectivity index is 2.61. The second kappa shape index (κ2) is 5.61. The molecule has 1 aromatic rings. The van der Waals surface area contributed by atoms with Gasteiger partial charge in [-0.3, -0.25) is 4.79 Å². The molecule has 0 amide bonds. The van der Waals surface area contributed by atoms with E-state index >= 15 is 0 Å². The van der Waals surface area contributed by atoms with Crippen molar-refractivity contribution in [2.45, 2.75) is 13.3 Å². The first-order valence-corrected chi connectivity index (χ1v) is 4.91. The summed E-state index contributed by atoms with van der Waals surface area (Å²) in [6, 6.07) is 5.77. The Morgan fingerprint density at radius 2 is 2.27 bits per heavy atom. The van der Waals surface area contributed by atoms with Gasteiger partial charge in [-0.1, -0.05) is 19.1 Å². The molecule has 0 fully saturated rings. The van der Waals surface area contributed by atoms with Crippen molar-refractivity contribution in [3.05, 3.63) is 35.6 Å². The lowest BCUT2D eigenvalue weighted by Gasteiger charge is -2.08. The third kappa shape index (κ3) is 3.80. The quantitative estimate of drug-likeness (QED) is 0.698. The standard InChI is InChI=1S/C12H15FO2/c1-9(8-15-2)6-12(14)10-4-3-5-11(13)7-10/h3-5,7,9H,6,8H2,1-2H3. The molecular weight excluding hydrogens is 195 g/mol. The van der Waals surface area contributed by atoms with Gasteiger partial charge in [-0.2, -0.15) is 0 Å². The van der Waals surface area contributed by atoms with Crippen molar-refractivity contribution in [2.75, 3.05) is 13.7 Å². The number of ketones is 1. The van der Waals surface area contributed by atoms with Gasteiger partial charge in [0.15, 0.2) is 5.78 Å². The Morgan fingerprint density at radius 3 is 2.87 bits per heavy atom. The maximum atomic E-state index is 12.8. The second-order valence-electron chi connectivity index (χ2n) is 3.70. The van der Waals surface area contributed by atoms with Crippen molar-refractivity contribution in [3.8, 4) is 0 Å². The van der Waals surface area contributed by atoms with Gasteiger partial charge >= 0.3 is 0 Å². The zero-order valence-corrected chi connectivity index (χ0v) is 9.00. The maximum absolute atomic E-state index is 12.8. The SMILES string of the molecule is COCC(C)CC(=O)c1cccc(F)c1. The molecule has 0 heterocycles. The summed E-state index contributed by atoms with van der Waals surface area (Å²) in [5.74, 6) is -0.259. The Morgan fingerprint density at radius 1 is 1.53 bits per heavy atom. The third-order valence-electron chi connectivity index (χ3n) is 2.13. The average molecular weight is 210 g/mol. The van der Waals surface area contributed by atoms with Crippen molar-refractivity contribution < 1.29 is 13.9 Å². The van der Waals surface area contributed by atoms with Gasteiger partial charge in [-0.25, -0.2) is 4.39 Å². The summed E-state index contributed by atoms with van der Waals surface area (Å²) in [6.45, 7) is 2.47. The molecule has 0 bridgehead atoms. The highest BCUT2D eigenvalue weighted by molar-refractivity contribution is 5.96. The number of ether oxygens (including phenoxy) is 1. The molecule has 0 saturated carbocycles. The molecule has 0 aliphatic heterocycles. The van der Waals surface area contributed by atoms with Crippen molar-refractivity contribution >= 4 is 5.78 Å². The van der Waals surface area contributed by atoms with Crippen molar-refractivity contribution in [2.24, 2.45) is 5.92 Å². The van der Waals surface area contributed by atoms with Crippen LogP contribution in [-0.4, -0.2) is 19.5 Å². The van der Waals surface area contributed by atoms with Crippen LogP contribution in [-0.2, 0) is 4.74 Å². The third-order valence-corrected chi connectivity index (χ3v) is 2.13. The van der Waals surface area contributed by atoms with E-state index in [0.29, 0.717) is 18.6 Å². The van der Waals surface area contributed by atoms with Gasteiger partial charge in [0.05, 0.1) is 0 Å². The fraction of sp³-hybridized carbons (Fsp3) is 0.417. The molecule has 1 atom stereocenters. The first kappa shape index (κ1) is 11.9. The highest BCUT2D eigenvalue weighted by Gasteiger charge is 2.11.